The van der Waals surface area contributed by atoms with Crippen molar-refractivity contribution in [1.29, 1.82) is 0 Å². The van der Waals surface area contributed by atoms with E-state index in [-0.39, 0.29) is 56.1 Å². The predicted octanol–water partition coefficient (Wildman–Crippen LogP) is -10.4. The van der Waals surface area contributed by atoms with Gasteiger partial charge in [-0.1, -0.05) is 19.9 Å². The Kier molecular flexibility index (Phi) is 26.9. The van der Waals surface area contributed by atoms with E-state index in [1.165, 1.54) is 6.92 Å². The molecule has 6 saturated heterocycles. The number of ether oxygens (including phenoxy) is 9. The van der Waals surface area contributed by atoms with Crippen molar-refractivity contribution in [2.75, 3.05) is 39.6 Å². The summed E-state index contributed by atoms with van der Waals surface area (Å²) in [6, 6.07) is -1.03. The normalized spacial score (nSPS) is 50.9. The van der Waals surface area contributed by atoms with Crippen LogP contribution in [0.2, 0.25) is 0 Å². The summed E-state index contributed by atoms with van der Waals surface area (Å²) in [6.45, 7) is 3.33. The monoisotopic (exact) mass is 1240 g/mol. The molecule has 0 spiro atoms. The first-order valence-corrected chi connectivity index (χ1v) is 22.5. The maximum Gasteiger partial charge on any atom is 0.187 e. The molecule has 0 saturated carbocycles. The number of aliphatic hydroxyl groups excluding tert-OH is 19. The van der Waals surface area contributed by atoms with Crippen LogP contribution in [0.3, 0.4) is 0 Å². The van der Waals surface area contributed by atoms with Gasteiger partial charge in [0.05, 0.1) is 64.1 Å². The van der Waals surface area contributed by atoms with Gasteiger partial charge in [-0.05, 0) is 13.8 Å². The fourth-order valence-corrected chi connectivity index (χ4v) is 8.43. The first kappa shape index (κ1) is 64.6. The molecule has 29 nitrogen and oxygen atoms in total. The van der Waals surface area contributed by atoms with Crippen LogP contribution in [0.1, 0.15) is 27.7 Å². The van der Waals surface area contributed by atoms with Gasteiger partial charge in [-0.3, -0.25) is 0 Å². The number of aliphatic hydroxyl groups is 19. The largest absolute Gasteiger partial charge is 0.670 e. The van der Waals surface area contributed by atoms with E-state index in [9.17, 15) is 81.7 Å². The number of hydrogen-bond acceptors (Lipinski definition) is 28. The van der Waals surface area contributed by atoms with Crippen molar-refractivity contribution in [2.24, 2.45) is 11.8 Å². The van der Waals surface area contributed by atoms with Crippen molar-refractivity contribution in [3.63, 3.8) is 0 Å². The van der Waals surface area contributed by atoms with Crippen LogP contribution in [-0.4, -0.2) is 308 Å². The number of rotatable bonds is 12. The van der Waals surface area contributed by atoms with Crippen LogP contribution in [0.4, 0.5) is 0 Å². The summed E-state index contributed by atoms with van der Waals surface area (Å²) < 4.78 is 48.1. The molecule has 411 valence electrons. The summed E-state index contributed by atoms with van der Waals surface area (Å²) in [6.07, 6.45) is -33.9. The fourth-order valence-electron chi connectivity index (χ4n) is 8.43. The molecule has 6 rings (SSSR count). The van der Waals surface area contributed by atoms with E-state index in [1.54, 1.807) is 20.8 Å². The summed E-state index contributed by atoms with van der Waals surface area (Å²) in [4.78, 5) is 0. The molecule has 0 aliphatic carbocycles. The van der Waals surface area contributed by atoms with Crippen LogP contribution in [0.25, 0.3) is 5.73 Å². The van der Waals surface area contributed by atoms with Gasteiger partial charge >= 0.3 is 0 Å². The standard InChI is InChI=1S/C14H26O9.C13H24NO9.C13H24O10.Ac/c1-5-6(2)21-8(4-16)13(9(5)17)23-14-12(20)11(19)10(18)7(3-15)22-14;1-4-7(14)9(18)12(6(3-16)21-4)23-13-11(20)10(19)8(17)5(2-15)22-13;1-4-7(16)11(6(3-15)21-12(4)20)23-13-10(19)9(18)8(17)5(2-14)22-13;/h5-20H,3-4H2,1-2H3;2*4-20H,2-3H2,1H3;/q;-1;;. The average molecular weight is 1240 g/mol. The van der Waals surface area contributed by atoms with Gasteiger partial charge in [-0.15, -0.1) is 0 Å². The molecule has 0 aromatic rings. The van der Waals surface area contributed by atoms with Gasteiger partial charge < -0.3 is 145 Å². The van der Waals surface area contributed by atoms with Gasteiger partial charge in [-0.25, -0.2) is 0 Å². The van der Waals surface area contributed by atoms with E-state index in [0.717, 1.165) is 0 Å². The minimum absolute atomic E-state index is 0. The first-order chi connectivity index (χ1) is 32.4. The Labute approximate surface area is 437 Å². The zero-order valence-corrected chi connectivity index (χ0v) is 43.6. The van der Waals surface area contributed by atoms with Gasteiger partial charge in [0.25, 0.3) is 0 Å². The smallest absolute Gasteiger partial charge is 0.187 e. The predicted molar refractivity (Wildman–Crippen MR) is 221 cm³/mol. The maximum atomic E-state index is 10.4. The topological polar surface area (TPSA) is 491 Å². The number of nitrogens with one attached hydrogen (secondary N) is 1. The second-order valence-corrected chi connectivity index (χ2v) is 18.0. The van der Waals surface area contributed by atoms with Gasteiger partial charge in [0.15, 0.2) is 25.2 Å². The minimum Gasteiger partial charge on any atom is -0.670 e. The van der Waals surface area contributed by atoms with Crippen molar-refractivity contribution >= 4 is 0 Å². The Bertz CT molecular complexity index is 1310. The first-order valence-electron chi connectivity index (χ1n) is 22.5. The molecule has 0 amide bonds. The molecule has 6 fully saturated rings. The summed E-state index contributed by atoms with van der Waals surface area (Å²) in [5.74, 6) is -1.01. The van der Waals surface area contributed by atoms with Crippen LogP contribution in [-0.2, 0) is 42.6 Å². The second kappa shape index (κ2) is 29.1. The molecule has 6 aliphatic rings. The molecule has 30 unspecified atom stereocenters. The van der Waals surface area contributed by atoms with E-state index in [0.29, 0.717) is 0 Å². The van der Waals surface area contributed by atoms with Crippen molar-refractivity contribution in [2.45, 2.75) is 199 Å². The van der Waals surface area contributed by atoms with Gasteiger partial charge in [0.2, 0.25) is 0 Å². The fraction of sp³-hybridized carbons (Fsp3) is 1.00. The van der Waals surface area contributed by atoms with Crippen molar-refractivity contribution < 1.29 is 184 Å². The molecule has 0 bridgehead atoms. The molecular weight excluding hydrogens is 1170 g/mol. The summed E-state index contributed by atoms with van der Waals surface area (Å²) in [7, 11) is 0. The molecule has 6 aliphatic heterocycles. The Morgan fingerprint density at radius 2 is 0.614 bits per heavy atom. The van der Waals surface area contributed by atoms with Crippen LogP contribution in [0, 0.1) is 55.9 Å². The zero-order valence-electron chi connectivity index (χ0n) is 38.8. The van der Waals surface area contributed by atoms with Crippen molar-refractivity contribution in [3.8, 4) is 0 Å². The van der Waals surface area contributed by atoms with Gasteiger partial charge in [0.1, 0.15) is 110 Å². The minimum atomic E-state index is -1.64. The van der Waals surface area contributed by atoms with Crippen molar-refractivity contribution in [3.05, 3.63) is 5.73 Å². The quantitative estimate of drug-likeness (QED) is 0.0863. The molecule has 30 heteroatoms. The molecule has 0 aromatic carbocycles. The van der Waals surface area contributed by atoms with E-state index >= 15 is 0 Å². The van der Waals surface area contributed by atoms with E-state index < -0.39 is 211 Å². The van der Waals surface area contributed by atoms with Crippen LogP contribution in [0.5, 0.6) is 0 Å². The summed E-state index contributed by atoms with van der Waals surface area (Å²) in [5.41, 5.74) is 7.83. The third-order valence-corrected chi connectivity index (χ3v) is 13.3. The van der Waals surface area contributed by atoms with Crippen LogP contribution < -0.4 is 0 Å². The molecule has 30 atom stereocenters. The van der Waals surface area contributed by atoms with E-state index in [2.05, 4.69) is 0 Å². The van der Waals surface area contributed by atoms with Gasteiger partial charge in [0, 0.05) is 62.0 Å². The Morgan fingerprint density at radius 3 is 0.943 bits per heavy atom. The maximum absolute atomic E-state index is 10.4. The molecule has 70 heavy (non-hydrogen) atoms. The van der Waals surface area contributed by atoms with Crippen LogP contribution >= 0.6 is 0 Å². The summed E-state index contributed by atoms with van der Waals surface area (Å²) in [5, 5.41) is 184. The van der Waals surface area contributed by atoms with Crippen molar-refractivity contribution in [1.82, 2.24) is 0 Å². The van der Waals surface area contributed by atoms with Gasteiger partial charge in [-0.2, -0.15) is 0 Å². The Morgan fingerprint density at radius 1 is 0.329 bits per heavy atom. The third-order valence-electron chi connectivity index (χ3n) is 13.3. The molecule has 6 heterocycles. The molecule has 20 N–H and O–H groups in total. The Balaban J connectivity index is 0.000000276. The zero-order chi connectivity index (χ0) is 51.9. The number of hydrogen-bond donors (Lipinski definition) is 19. The molecular formula is C40H74AcNO28-. The van der Waals surface area contributed by atoms with Crippen LogP contribution in [0.15, 0.2) is 0 Å². The third kappa shape index (κ3) is 14.8. The molecule has 1 radical (unpaired) electrons. The molecule has 0 aromatic heterocycles. The average Bonchev–Trinajstić information content (AvgIpc) is 3.34. The summed E-state index contributed by atoms with van der Waals surface area (Å²) >= 11 is 0. The SMILES string of the molecule is CC1C(O)OC(CO)C(OC2OC(CO)C(O)C(O)C2O)C1O.CC1OC(CO)C(OC2OC(CO)C(O)C(O)C2O)C(O)C1C.CC1OC(CO)C(OC2OC(CO)C(O)C(O)C2O)C(O)C1[NH-].[Ac]. The Hall–Kier alpha value is 0.282. The second-order valence-electron chi connectivity index (χ2n) is 18.0. The van der Waals surface area contributed by atoms with E-state index in [4.69, 9.17) is 63.7 Å². The van der Waals surface area contributed by atoms with E-state index in [1.807, 2.05) is 0 Å².